The molecule has 0 atom stereocenters. The Balaban J connectivity index is 2.42. The molecule has 0 aromatic carbocycles. The molecule has 5 nitrogen and oxygen atoms in total. The van der Waals surface area contributed by atoms with Crippen molar-refractivity contribution in [3.63, 3.8) is 0 Å². The highest BCUT2D eigenvalue weighted by Gasteiger charge is 2.01. The topological polar surface area (TPSA) is 83.4 Å². The van der Waals surface area contributed by atoms with E-state index >= 15 is 0 Å². The minimum Gasteiger partial charge on any atom is -0.339 e. The van der Waals surface area contributed by atoms with Gasteiger partial charge in [-0.15, -0.1) is 0 Å². The Kier molecular flexibility index (Phi) is 1.36. The molecule has 0 spiro atoms. The first-order chi connectivity index (χ1) is 5.40. The monoisotopic (exact) mass is 151 g/mol. The molecule has 0 aliphatic rings. The lowest BCUT2D eigenvalue weighted by molar-refractivity contribution is 0.894. The zero-order valence-corrected chi connectivity index (χ0v) is 5.96. The highest BCUT2D eigenvalue weighted by atomic mass is 15.2. The minimum absolute atomic E-state index is 0.615. The van der Waals surface area contributed by atoms with E-state index in [2.05, 4.69) is 20.2 Å². The van der Waals surface area contributed by atoms with Crippen LogP contribution in [0, 0.1) is 0 Å². The Morgan fingerprint density at radius 1 is 1.55 bits per heavy atom. The van der Waals surface area contributed by atoms with Crippen molar-refractivity contribution in [2.75, 3.05) is 6.54 Å². The summed E-state index contributed by atoms with van der Waals surface area (Å²) in [5, 5.41) is 6.58. The van der Waals surface area contributed by atoms with Gasteiger partial charge in [-0.3, -0.25) is 5.10 Å². The Morgan fingerprint density at radius 3 is 3.18 bits per heavy atom. The van der Waals surface area contributed by atoms with Gasteiger partial charge in [-0.2, -0.15) is 5.10 Å². The van der Waals surface area contributed by atoms with Gasteiger partial charge in [-0.25, -0.2) is 4.98 Å². The van der Waals surface area contributed by atoms with Gasteiger partial charge in [0.05, 0.1) is 6.20 Å². The lowest BCUT2D eigenvalue weighted by atomic mass is 10.4. The highest BCUT2D eigenvalue weighted by molar-refractivity contribution is 5.69. The Hall–Kier alpha value is -1.36. The predicted octanol–water partition coefficient (Wildman–Crippen LogP) is -0.213. The number of rotatable bonds is 2. The first kappa shape index (κ1) is 6.36. The standard InChI is InChI=1S/C6H9N5/c7-2-1-5-9-4-3-8-11-6(4)10-5/h3H,1-2,7H2,(H2,8,9,10,11). The number of nitrogens with one attached hydrogen (secondary N) is 2. The molecule has 11 heavy (non-hydrogen) atoms. The largest absolute Gasteiger partial charge is 0.339 e. The second kappa shape index (κ2) is 2.35. The molecule has 0 radical (unpaired) electrons. The van der Waals surface area contributed by atoms with Crippen LogP contribution in [-0.4, -0.2) is 26.7 Å². The van der Waals surface area contributed by atoms with Crippen LogP contribution in [0.25, 0.3) is 11.2 Å². The molecule has 2 aromatic heterocycles. The van der Waals surface area contributed by atoms with E-state index in [-0.39, 0.29) is 0 Å². The second-order valence-electron chi connectivity index (χ2n) is 2.35. The summed E-state index contributed by atoms with van der Waals surface area (Å²) in [4.78, 5) is 7.30. The van der Waals surface area contributed by atoms with Crippen LogP contribution in [0.15, 0.2) is 6.20 Å². The number of aromatic nitrogens is 4. The molecule has 2 heterocycles. The van der Waals surface area contributed by atoms with Crippen molar-refractivity contribution < 1.29 is 0 Å². The number of fused-ring (bicyclic) bond motifs is 1. The number of hydrogen-bond donors (Lipinski definition) is 3. The molecule has 0 unspecified atom stereocenters. The number of imidazole rings is 1. The van der Waals surface area contributed by atoms with Crippen LogP contribution in [0.2, 0.25) is 0 Å². The third-order valence-corrected chi connectivity index (χ3v) is 1.53. The zero-order chi connectivity index (χ0) is 7.68. The summed E-state index contributed by atoms with van der Waals surface area (Å²) in [6.07, 6.45) is 2.49. The fourth-order valence-electron chi connectivity index (χ4n) is 1.03. The summed E-state index contributed by atoms with van der Waals surface area (Å²) in [7, 11) is 0. The average molecular weight is 151 g/mol. The summed E-state index contributed by atoms with van der Waals surface area (Å²) < 4.78 is 0. The number of nitrogens with two attached hydrogens (primary N) is 1. The van der Waals surface area contributed by atoms with Gasteiger partial charge in [0, 0.05) is 6.42 Å². The van der Waals surface area contributed by atoms with Gasteiger partial charge < -0.3 is 10.7 Å². The molecule has 0 saturated carbocycles. The molecule has 0 aliphatic heterocycles. The molecule has 0 aliphatic carbocycles. The van der Waals surface area contributed by atoms with Crippen molar-refractivity contribution in [1.82, 2.24) is 20.2 Å². The first-order valence-corrected chi connectivity index (χ1v) is 3.48. The molecule has 4 N–H and O–H groups in total. The van der Waals surface area contributed by atoms with Gasteiger partial charge >= 0.3 is 0 Å². The average Bonchev–Trinajstić information content (AvgIpc) is 2.46. The highest BCUT2D eigenvalue weighted by Crippen LogP contribution is 2.05. The number of aromatic amines is 2. The van der Waals surface area contributed by atoms with Crippen LogP contribution in [0.3, 0.4) is 0 Å². The van der Waals surface area contributed by atoms with E-state index in [1.54, 1.807) is 6.20 Å². The van der Waals surface area contributed by atoms with Crippen molar-refractivity contribution in [3.8, 4) is 0 Å². The molecule has 0 bridgehead atoms. The van der Waals surface area contributed by atoms with E-state index in [9.17, 15) is 0 Å². The van der Waals surface area contributed by atoms with Crippen molar-refractivity contribution in [3.05, 3.63) is 12.0 Å². The van der Waals surface area contributed by atoms with E-state index in [0.29, 0.717) is 6.54 Å². The first-order valence-electron chi connectivity index (χ1n) is 3.48. The van der Waals surface area contributed by atoms with E-state index in [4.69, 9.17) is 5.73 Å². The fourth-order valence-corrected chi connectivity index (χ4v) is 1.03. The van der Waals surface area contributed by atoms with Crippen LogP contribution in [-0.2, 0) is 6.42 Å². The summed E-state index contributed by atoms with van der Waals surface area (Å²) in [5.41, 5.74) is 7.10. The van der Waals surface area contributed by atoms with Gasteiger partial charge in [0.15, 0.2) is 5.65 Å². The maximum atomic E-state index is 5.37. The lowest BCUT2D eigenvalue weighted by Gasteiger charge is -1.87. The van der Waals surface area contributed by atoms with Gasteiger partial charge in [-0.05, 0) is 6.54 Å². The molecule has 5 heteroatoms. The zero-order valence-electron chi connectivity index (χ0n) is 5.96. The summed E-state index contributed by atoms with van der Waals surface area (Å²) >= 11 is 0. The van der Waals surface area contributed by atoms with Gasteiger partial charge in [-0.1, -0.05) is 0 Å². The third-order valence-electron chi connectivity index (χ3n) is 1.53. The minimum atomic E-state index is 0.615. The number of hydrogen-bond acceptors (Lipinski definition) is 3. The molecule has 2 aromatic rings. The van der Waals surface area contributed by atoms with Crippen LogP contribution in [0.1, 0.15) is 5.82 Å². The quantitative estimate of drug-likeness (QED) is 0.555. The van der Waals surface area contributed by atoms with Crippen molar-refractivity contribution in [2.24, 2.45) is 5.73 Å². The third kappa shape index (κ3) is 0.988. The predicted molar refractivity (Wildman–Crippen MR) is 41.0 cm³/mol. The summed E-state index contributed by atoms with van der Waals surface area (Å²) in [5.74, 6) is 0.913. The maximum Gasteiger partial charge on any atom is 0.173 e. The van der Waals surface area contributed by atoms with Crippen molar-refractivity contribution in [2.45, 2.75) is 6.42 Å². The molecule has 0 amide bonds. The van der Waals surface area contributed by atoms with Gasteiger partial charge in [0.25, 0.3) is 0 Å². The van der Waals surface area contributed by atoms with Crippen LogP contribution >= 0.6 is 0 Å². The van der Waals surface area contributed by atoms with Gasteiger partial charge in [0.2, 0.25) is 0 Å². The van der Waals surface area contributed by atoms with Crippen LogP contribution in [0.4, 0.5) is 0 Å². The molecule has 0 saturated heterocycles. The van der Waals surface area contributed by atoms with Gasteiger partial charge in [0.1, 0.15) is 11.3 Å². The smallest absolute Gasteiger partial charge is 0.173 e. The van der Waals surface area contributed by atoms with Crippen LogP contribution in [0.5, 0.6) is 0 Å². The fraction of sp³-hybridized carbons (Fsp3) is 0.333. The molecular weight excluding hydrogens is 142 g/mol. The van der Waals surface area contributed by atoms with E-state index in [1.807, 2.05) is 0 Å². The number of nitrogens with zero attached hydrogens (tertiary/aromatic N) is 2. The summed E-state index contributed by atoms with van der Waals surface area (Å²) in [6, 6.07) is 0. The molecule has 58 valence electrons. The molecular formula is C6H9N5. The Bertz CT molecular complexity index is 318. The van der Waals surface area contributed by atoms with Crippen LogP contribution < -0.4 is 5.73 Å². The summed E-state index contributed by atoms with van der Waals surface area (Å²) in [6.45, 7) is 0.615. The molecule has 2 rings (SSSR count). The molecule has 0 fully saturated rings. The van der Waals surface area contributed by atoms with Crippen molar-refractivity contribution >= 4 is 11.2 Å². The second-order valence-corrected chi connectivity index (χ2v) is 2.35. The Labute approximate surface area is 63.0 Å². The van der Waals surface area contributed by atoms with E-state index < -0.39 is 0 Å². The maximum absolute atomic E-state index is 5.37. The van der Waals surface area contributed by atoms with Crippen molar-refractivity contribution in [1.29, 1.82) is 0 Å². The van der Waals surface area contributed by atoms with E-state index in [1.165, 1.54) is 0 Å². The Morgan fingerprint density at radius 2 is 2.45 bits per heavy atom. The van der Waals surface area contributed by atoms with E-state index in [0.717, 1.165) is 23.4 Å². The SMILES string of the molecule is NCCc1nc2[nH]ncc2[nH]1. The number of H-pyrrole nitrogens is 2. The normalized spacial score (nSPS) is 11.0. The lowest BCUT2D eigenvalue weighted by Crippen LogP contribution is -2.03.